The normalized spacial score (nSPS) is 15.0. The predicted octanol–water partition coefficient (Wildman–Crippen LogP) is 1.20. The summed E-state index contributed by atoms with van der Waals surface area (Å²) in [6.45, 7) is 5.32. The lowest BCUT2D eigenvalue weighted by molar-refractivity contribution is -0.120. The molecule has 0 saturated carbocycles. The summed E-state index contributed by atoms with van der Waals surface area (Å²) in [5.41, 5.74) is 5.50. The van der Waals surface area contributed by atoms with Crippen molar-refractivity contribution in [1.82, 2.24) is 5.43 Å². The standard InChI is InChI=1S/C15H18N4O2/c1-12-10-14(19-6-8-21-9-7-19)3-2-13(12)11-17-18-15(20)4-5-16/h2-3,10-11H,4,6-9H2,1H3,(H,18,20)/b17-11-. The van der Waals surface area contributed by atoms with Crippen LogP contribution in [0.2, 0.25) is 0 Å². The van der Waals surface area contributed by atoms with Crippen molar-refractivity contribution in [2.75, 3.05) is 31.2 Å². The summed E-state index contributed by atoms with van der Waals surface area (Å²) in [5, 5.41) is 12.2. The van der Waals surface area contributed by atoms with Crippen LogP contribution in [0.3, 0.4) is 0 Å². The van der Waals surface area contributed by atoms with Gasteiger partial charge in [-0.3, -0.25) is 4.79 Å². The zero-order valence-corrected chi connectivity index (χ0v) is 12.0. The van der Waals surface area contributed by atoms with Crippen LogP contribution in [0.1, 0.15) is 17.5 Å². The highest BCUT2D eigenvalue weighted by atomic mass is 16.5. The van der Waals surface area contributed by atoms with Gasteiger partial charge in [-0.2, -0.15) is 10.4 Å². The number of benzene rings is 1. The second kappa shape index (κ2) is 7.41. The zero-order chi connectivity index (χ0) is 15.1. The molecule has 1 N–H and O–H groups in total. The molecule has 6 nitrogen and oxygen atoms in total. The number of ether oxygens (including phenoxy) is 1. The molecule has 1 heterocycles. The SMILES string of the molecule is Cc1cc(N2CCOCC2)ccc1/C=N\NC(=O)CC#N. The molecule has 0 aromatic heterocycles. The number of nitriles is 1. The smallest absolute Gasteiger partial charge is 0.254 e. The fraction of sp³-hybridized carbons (Fsp3) is 0.400. The molecule has 0 bridgehead atoms. The molecule has 2 rings (SSSR count). The number of nitrogens with one attached hydrogen (secondary N) is 1. The molecule has 0 aliphatic carbocycles. The molecule has 1 aromatic carbocycles. The van der Waals surface area contributed by atoms with E-state index in [1.165, 1.54) is 5.69 Å². The Balaban J connectivity index is 2.00. The minimum atomic E-state index is -0.406. The van der Waals surface area contributed by atoms with E-state index in [0.29, 0.717) is 0 Å². The van der Waals surface area contributed by atoms with E-state index in [9.17, 15) is 4.79 Å². The third-order valence-electron chi connectivity index (χ3n) is 3.26. The molecule has 0 radical (unpaired) electrons. The van der Waals surface area contributed by atoms with Gasteiger partial charge in [-0.25, -0.2) is 5.43 Å². The number of hydrazone groups is 1. The monoisotopic (exact) mass is 286 g/mol. The number of carbonyl (C=O) groups is 1. The van der Waals surface area contributed by atoms with Gasteiger partial charge in [0, 0.05) is 18.8 Å². The maximum absolute atomic E-state index is 11.1. The molecule has 1 amide bonds. The number of morpholine rings is 1. The van der Waals surface area contributed by atoms with Crippen molar-refractivity contribution in [3.8, 4) is 6.07 Å². The van der Waals surface area contributed by atoms with Crippen LogP contribution >= 0.6 is 0 Å². The number of nitrogens with zero attached hydrogens (tertiary/aromatic N) is 3. The molecule has 0 atom stereocenters. The number of rotatable bonds is 4. The molecule has 110 valence electrons. The molecule has 0 unspecified atom stereocenters. The Labute approximate surface area is 124 Å². The molecule has 1 saturated heterocycles. The van der Waals surface area contributed by atoms with Crippen LogP contribution in [0.5, 0.6) is 0 Å². The van der Waals surface area contributed by atoms with E-state index in [1.54, 1.807) is 12.3 Å². The maximum Gasteiger partial charge on any atom is 0.254 e. The van der Waals surface area contributed by atoms with Crippen molar-refractivity contribution in [2.45, 2.75) is 13.3 Å². The molecule has 6 heteroatoms. The van der Waals surface area contributed by atoms with E-state index < -0.39 is 5.91 Å². The lowest BCUT2D eigenvalue weighted by atomic mass is 10.1. The molecule has 0 spiro atoms. The number of hydrogen-bond acceptors (Lipinski definition) is 5. The van der Waals surface area contributed by atoms with Gasteiger partial charge in [-0.1, -0.05) is 6.07 Å². The van der Waals surface area contributed by atoms with Crippen molar-refractivity contribution >= 4 is 17.8 Å². The van der Waals surface area contributed by atoms with E-state index in [1.807, 2.05) is 19.1 Å². The third-order valence-corrected chi connectivity index (χ3v) is 3.26. The van der Waals surface area contributed by atoms with E-state index in [4.69, 9.17) is 10.00 Å². The summed E-state index contributed by atoms with van der Waals surface area (Å²) in [5.74, 6) is -0.406. The number of hydrogen-bond donors (Lipinski definition) is 1. The Bertz CT molecular complexity index is 572. The van der Waals surface area contributed by atoms with Crippen LogP contribution in [0.4, 0.5) is 5.69 Å². The number of carbonyl (C=O) groups excluding carboxylic acids is 1. The quantitative estimate of drug-likeness (QED) is 0.666. The Morgan fingerprint density at radius 1 is 1.52 bits per heavy atom. The van der Waals surface area contributed by atoms with Gasteiger partial charge < -0.3 is 9.64 Å². The van der Waals surface area contributed by atoms with Gasteiger partial charge in [0.05, 0.1) is 25.5 Å². The van der Waals surface area contributed by atoms with Crippen LogP contribution in [0.25, 0.3) is 0 Å². The van der Waals surface area contributed by atoms with Gasteiger partial charge in [-0.15, -0.1) is 0 Å². The summed E-state index contributed by atoms with van der Waals surface area (Å²) in [6.07, 6.45) is 1.40. The highest BCUT2D eigenvalue weighted by Gasteiger charge is 2.11. The van der Waals surface area contributed by atoms with Gasteiger partial charge >= 0.3 is 0 Å². The van der Waals surface area contributed by atoms with Crippen molar-refractivity contribution < 1.29 is 9.53 Å². The Kier molecular flexibility index (Phi) is 5.29. The van der Waals surface area contributed by atoms with Crippen molar-refractivity contribution in [3.05, 3.63) is 29.3 Å². The minimum absolute atomic E-state index is 0.188. The first kappa shape index (κ1) is 15.0. The largest absolute Gasteiger partial charge is 0.378 e. The average Bonchev–Trinajstić information content (AvgIpc) is 2.50. The zero-order valence-electron chi connectivity index (χ0n) is 12.0. The number of aryl methyl sites for hydroxylation is 1. The van der Waals surface area contributed by atoms with Gasteiger partial charge in [0.2, 0.25) is 0 Å². The molecule has 1 fully saturated rings. The second-order valence-corrected chi connectivity index (χ2v) is 4.77. The first-order chi connectivity index (χ1) is 10.2. The topological polar surface area (TPSA) is 77.7 Å². The van der Waals surface area contributed by atoms with Crippen LogP contribution in [-0.2, 0) is 9.53 Å². The first-order valence-corrected chi connectivity index (χ1v) is 6.83. The number of anilines is 1. The van der Waals surface area contributed by atoms with E-state index in [2.05, 4.69) is 21.5 Å². The summed E-state index contributed by atoms with van der Waals surface area (Å²) >= 11 is 0. The van der Waals surface area contributed by atoms with Gasteiger partial charge in [0.25, 0.3) is 5.91 Å². The fourth-order valence-corrected chi connectivity index (χ4v) is 2.11. The third kappa shape index (κ3) is 4.29. The summed E-state index contributed by atoms with van der Waals surface area (Å²) in [4.78, 5) is 13.4. The van der Waals surface area contributed by atoms with E-state index >= 15 is 0 Å². The summed E-state index contributed by atoms with van der Waals surface area (Å²) < 4.78 is 5.34. The second-order valence-electron chi connectivity index (χ2n) is 4.77. The van der Waals surface area contributed by atoms with Crippen molar-refractivity contribution in [2.24, 2.45) is 5.10 Å². The molecule has 1 aliphatic rings. The van der Waals surface area contributed by atoms with Gasteiger partial charge in [0.1, 0.15) is 6.42 Å². The molecule has 1 aliphatic heterocycles. The summed E-state index contributed by atoms with van der Waals surface area (Å²) in [6, 6.07) is 7.88. The molecular formula is C15H18N4O2. The lowest BCUT2D eigenvalue weighted by Gasteiger charge is -2.29. The Morgan fingerprint density at radius 3 is 2.95 bits per heavy atom. The highest BCUT2D eigenvalue weighted by Crippen LogP contribution is 2.19. The predicted molar refractivity (Wildman–Crippen MR) is 80.2 cm³/mol. The molecule has 21 heavy (non-hydrogen) atoms. The van der Waals surface area contributed by atoms with Crippen LogP contribution in [0, 0.1) is 18.3 Å². The lowest BCUT2D eigenvalue weighted by Crippen LogP contribution is -2.36. The van der Waals surface area contributed by atoms with Crippen LogP contribution in [-0.4, -0.2) is 38.4 Å². The minimum Gasteiger partial charge on any atom is -0.378 e. The van der Waals surface area contributed by atoms with Crippen LogP contribution in [0.15, 0.2) is 23.3 Å². The van der Waals surface area contributed by atoms with Gasteiger partial charge in [0.15, 0.2) is 0 Å². The van der Waals surface area contributed by atoms with E-state index in [-0.39, 0.29) is 6.42 Å². The number of amides is 1. The van der Waals surface area contributed by atoms with Crippen molar-refractivity contribution in [1.29, 1.82) is 5.26 Å². The van der Waals surface area contributed by atoms with Crippen molar-refractivity contribution in [3.63, 3.8) is 0 Å². The average molecular weight is 286 g/mol. The first-order valence-electron chi connectivity index (χ1n) is 6.83. The van der Waals surface area contributed by atoms with Gasteiger partial charge in [-0.05, 0) is 30.2 Å². The molecule has 1 aromatic rings. The Morgan fingerprint density at radius 2 is 2.29 bits per heavy atom. The fourth-order valence-electron chi connectivity index (χ4n) is 2.11. The highest BCUT2D eigenvalue weighted by molar-refractivity contribution is 5.85. The van der Waals surface area contributed by atoms with Crippen LogP contribution < -0.4 is 10.3 Å². The van der Waals surface area contributed by atoms with E-state index in [0.717, 1.165) is 37.4 Å². The Hall–Kier alpha value is -2.39. The maximum atomic E-state index is 11.1. The molecular weight excluding hydrogens is 268 g/mol. The summed E-state index contributed by atoms with van der Waals surface area (Å²) in [7, 11) is 0.